The molecule has 0 spiro atoms. The highest BCUT2D eigenvalue weighted by Gasteiger charge is 2.16. The van der Waals surface area contributed by atoms with E-state index in [1.807, 2.05) is 12.1 Å². The van der Waals surface area contributed by atoms with Crippen LogP contribution in [0.3, 0.4) is 0 Å². The van der Waals surface area contributed by atoms with E-state index < -0.39 is 0 Å². The van der Waals surface area contributed by atoms with Gasteiger partial charge in [-0.15, -0.1) is 0 Å². The number of unbranched alkanes of at least 4 members (excludes halogenated alkanes) is 1. The molecule has 2 heterocycles. The first-order chi connectivity index (χ1) is 13.6. The van der Waals surface area contributed by atoms with Gasteiger partial charge in [-0.3, -0.25) is 9.69 Å². The van der Waals surface area contributed by atoms with Gasteiger partial charge in [0.25, 0.3) is 0 Å². The van der Waals surface area contributed by atoms with Crippen LogP contribution in [-0.2, 0) is 17.9 Å². The Morgan fingerprint density at radius 2 is 1.93 bits per heavy atom. The van der Waals surface area contributed by atoms with Crippen LogP contribution in [0.25, 0.3) is 11.0 Å². The average molecular weight is 385 g/mol. The van der Waals surface area contributed by atoms with Crippen molar-refractivity contribution in [3.8, 4) is 0 Å². The zero-order valence-electron chi connectivity index (χ0n) is 17.8. The number of carbonyl (C=O) groups is 1. The molecule has 0 bridgehead atoms. The first-order valence-electron chi connectivity index (χ1n) is 11.1. The molecule has 0 aliphatic carbocycles. The van der Waals surface area contributed by atoms with Gasteiger partial charge in [0.1, 0.15) is 5.82 Å². The largest absolute Gasteiger partial charge is 0.327 e. The summed E-state index contributed by atoms with van der Waals surface area (Å²) in [4.78, 5) is 19.7. The van der Waals surface area contributed by atoms with E-state index in [1.54, 1.807) is 0 Å². The van der Waals surface area contributed by atoms with Gasteiger partial charge in [0.2, 0.25) is 5.91 Å². The minimum absolute atomic E-state index is 0.0737. The molecule has 1 saturated heterocycles. The van der Waals surface area contributed by atoms with Crippen LogP contribution in [0.2, 0.25) is 0 Å². The summed E-state index contributed by atoms with van der Waals surface area (Å²) in [5.41, 5.74) is 3.02. The zero-order valence-corrected chi connectivity index (χ0v) is 17.8. The lowest BCUT2D eigenvalue weighted by Gasteiger charge is -2.20. The summed E-state index contributed by atoms with van der Waals surface area (Å²) in [6.07, 6.45) is 8.16. The number of amides is 1. The number of rotatable bonds is 8. The molecule has 28 heavy (non-hydrogen) atoms. The van der Waals surface area contributed by atoms with Gasteiger partial charge in [-0.05, 0) is 56.5 Å². The molecule has 1 aliphatic heterocycles. The number of aryl methyl sites for hydroxylation is 1. The number of fused-ring (bicyclic) bond motifs is 1. The molecule has 3 rings (SSSR count). The van der Waals surface area contributed by atoms with Gasteiger partial charge in [-0.25, -0.2) is 4.98 Å². The van der Waals surface area contributed by atoms with Crippen LogP contribution < -0.4 is 5.32 Å². The number of hydrogen-bond acceptors (Lipinski definition) is 3. The van der Waals surface area contributed by atoms with Crippen molar-refractivity contribution in [2.24, 2.45) is 5.92 Å². The van der Waals surface area contributed by atoms with E-state index in [0.29, 0.717) is 12.3 Å². The highest BCUT2D eigenvalue weighted by Crippen LogP contribution is 2.23. The standard InChI is InChI=1S/C23H36N4O/c1-4-5-14-27-21-11-10-19(24-23(28)15-18(2)3)16-20(21)25-22(27)17-26-12-8-6-7-9-13-26/h10-11,16,18H,4-9,12-15,17H2,1-3H3,(H,24,28). The fraction of sp³-hybridized carbons (Fsp3) is 0.652. The third-order valence-corrected chi connectivity index (χ3v) is 5.50. The Bertz CT molecular complexity index is 772. The molecular weight excluding hydrogens is 348 g/mol. The number of aromatic nitrogens is 2. The monoisotopic (exact) mass is 384 g/mol. The van der Waals surface area contributed by atoms with Gasteiger partial charge in [0.15, 0.2) is 0 Å². The number of nitrogens with zero attached hydrogens (tertiary/aromatic N) is 3. The molecule has 0 unspecified atom stereocenters. The molecule has 0 radical (unpaired) electrons. The first kappa shape index (κ1) is 20.8. The summed E-state index contributed by atoms with van der Waals surface area (Å²) in [5, 5.41) is 3.03. The Kier molecular flexibility index (Phi) is 7.49. The molecule has 1 aromatic carbocycles. The lowest BCUT2D eigenvalue weighted by atomic mass is 10.1. The minimum atomic E-state index is 0.0737. The van der Waals surface area contributed by atoms with Gasteiger partial charge < -0.3 is 9.88 Å². The summed E-state index contributed by atoms with van der Waals surface area (Å²) < 4.78 is 2.39. The topological polar surface area (TPSA) is 50.2 Å². The third-order valence-electron chi connectivity index (χ3n) is 5.50. The number of nitrogens with one attached hydrogen (secondary N) is 1. The van der Waals surface area contributed by atoms with E-state index in [1.165, 1.54) is 50.7 Å². The summed E-state index contributed by atoms with van der Waals surface area (Å²) in [7, 11) is 0. The first-order valence-corrected chi connectivity index (χ1v) is 11.1. The van der Waals surface area contributed by atoms with Gasteiger partial charge in [0, 0.05) is 18.7 Å². The smallest absolute Gasteiger partial charge is 0.224 e. The van der Waals surface area contributed by atoms with Crippen LogP contribution in [0, 0.1) is 5.92 Å². The van der Waals surface area contributed by atoms with Gasteiger partial charge >= 0.3 is 0 Å². The predicted octanol–water partition coefficient (Wildman–Crippen LogP) is 5.20. The van der Waals surface area contributed by atoms with Crippen molar-refractivity contribution in [1.82, 2.24) is 14.5 Å². The van der Waals surface area contributed by atoms with Crippen LogP contribution in [-0.4, -0.2) is 33.4 Å². The summed E-state index contributed by atoms with van der Waals surface area (Å²) in [6, 6.07) is 6.16. The molecular formula is C23H36N4O. The predicted molar refractivity (Wildman–Crippen MR) is 116 cm³/mol. The van der Waals surface area contributed by atoms with Crippen LogP contribution in [0.15, 0.2) is 18.2 Å². The quantitative estimate of drug-likeness (QED) is 0.681. The van der Waals surface area contributed by atoms with E-state index in [4.69, 9.17) is 4.98 Å². The Morgan fingerprint density at radius 3 is 2.61 bits per heavy atom. The Labute approximate surface area is 169 Å². The SMILES string of the molecule is CCCCn1c(CN2CCCCCC2)nc2cc(NC(=O)CC(C)C)ccc21. The number of benzene rings is 1. The maximum Gasteiger partial charge on any atom is 0.224 e. The molecule has 0 saturated carbocycles. The number of anilines is 1. The lowest BCUT2D eigenvalue weighted by molar-refractivity contribution is -0.116. The van der Waals surface area contributed by atoms with Crippen LogP contribution in [0.5, 0.6) is 0 Å². The van der Waals surface area contributed by atoms with Crippen molar-refractivity contribution in [2.75, 3.05) is 18.4 Å². The molecule has 1 N–H and O–H groups in total. The Balaban J connectivity index is 1.83. The van der Waals surface area contributed by atoms with Crippen molar-refractivity contribution in [2.45, 2.75) is 78.8 Å². The third kappa shape index (κ3) is 5.57. The number of hydrogen-bond donors (Lipinski definition) is 1. The summed E-state index contributed by atoms with van der Waals surface area (Å²) in [6.45, 7) is 10.6. The Hall–Kier alpha value is -1.88. The van der Waals surface area contributed by atoms with E-state index in [2.05, 4.69) is 41.6 Å². The molecule has 154 valence electrons. The molecule has 1 fully saturated rings. The lowest BCUT2D eigenvalue weighted by Crippen LogP contribution is -2.26. The normalized spacial score (nSPS) is 15.9. The summed E-state index contributed by atoms with van der Waals surface area (Å²) in [5.74, 6) is 1.60. The number of carbonyl (C=O) groups excluding carboxylic acids is 1. The second-order valence-corrected chi connectivity index (χ2v) is 8.57. The zero-order chi connectivity index (χ0) is 19.9. The molecule has 5 nitrogen and oxygen atoms in total. The van der Waals surface area contributed by atoms with Crippen molar-refractivity contribution in [1.29, 1.82) is 0 Å². The molecule has 1 aliphatic rings. The fourth-order valence-electron chi connectivity index (χ4n) is 4.02. The van der Waals surface area contributed by atoms with E-state index in [0.717, 1.165) is 36.5 Å². The van der Waals surface area contributed by atoms with Crippen molar-refractivity contribution >= 4 is 22.6 Å². The molecule has 1 amide bonds. The van der Waals surface area contributed by atoms with E-state index in [-0.39, 0.29) is 5.91 Å². The molecule has 2 aromatic rings. The molecule has 0 atom stereocenters. The van der Waals surface area contributed by atoms with E-state index >= 15 is 0 Å². The van der Waals surface area contributed by atoms with Crippen molar-refractivity contribution in [3.05, 3.63) is 24.0 Å². The van der Waals surface area contributed by atoms with Gasteiger partial charge in [0.05, 0.1) is 17.6 Å². The number of likely N-dealkylation sites (tertiary alicyclic amines) is 1. The average Bonchev–Trinajstić information content (AvgIpc) is 2.79. The van der Waals surface area contributed by atoms with E-state index in [9.17, 15) is 4.79 Å². The number of imidazole rings is 1. The molecule has 5 heteroatoms. The van der Waals surface area contributed by atoms with Crippen LogP contribution in [0.1, 0.15) is 71.5 Å². The summed E-state index contributed by atoms with van der Waals surface area (Å²) >= 11 is 0. The highest BCUT2D eigenvalue weighted by atomic mass is 16.1. The van der Waals surface area contributed by atoms with Gasteiger partial charge in [-0.1, -0.05) is 40.0 Å². The maximum atomic E-state index is 12.1. The fourth-order valence-corrected chi connectivity index (χ4v) is 4.02. The second-order valence-electron chi connectivity index (χ2n) is 8.57. The highest BCUT2D eigenvalue weighted by molar-refractivity contribution is 5.93. The maximum absolute atomic E-state index is 12.1. The molecule has 1 aromatic heterocycles. The van der Waals surface area contributed by atoms with Crippen LogP contribution in [0.4, 0.5) is 5.69 Å². The van der Waals surface area contributed by atoms with Crippen molar-refractivity contribution in [3.63, 3.8) is 0 Å². The van der Waals surface area contributed by atoms with Crippen LogP contribution >= 0.6 is 0 Å². The Morgan fingerprint density at radius 1 is 1.18 bits per heavy atom. The minimum Gasteiger partial charge on any atom is -0.327 e. The second kappa shape index (κ2) is 10.1. The van der Waals surface area contributed by atoms with Crippen molar-refractivity contribution < 1.29 is 4.79 Å². The van der Waals surface area contributed by atoms with Gasteiger partial charge in [-0.2, -0.15) is 0 Å².